The molecule has 20 heavy (non-hydrogen) atoms. The number of benzene rings is 2. The maximum atomic E-state index is 12.0. The Kier molecular flexibility index (Phi) is 3.08. The van der Waals surface area contributed by atoms with E-state index in [1.165, 1.54) is 18.2 Å². The second kappa shape index (κ2) is 4.90. The fourth-order valence-corrected chi connectivity index (χ4v) is 2.01. The van der Waals surface area contributed by atoms with E-state index in [2.05, 4.69) is 4.98 Å². The van der Waals surface area contributed by atoms with Gasteiger partial charge in [0.1, 0.15) is 5.58 Å². The topological polar surface area (TPSA) is 60.2 Å². The van der Waals surface area contributed by atoms with Crippen LogP contribution in [0.4, 0.5) is 0 Å². The van der Waals surface area contributed by atoms with E-state index in [0.29, 0.717) is 10.9 Å². The maximum absolute atomic E-state index is 12.0. The van der Waals surface area contributed by atoms with E-state index in [-0.39, 0.29) is 17.0 Å². The van der Waals surface area contributed by atoms with Gasteiger partial charge in [0.15, 0.2) is 0 Å². The van der Waals surface area contributed by atoms with E-state index in [9.17, 15) is 9.59 Å². The van der Waals surface area contributed by atoms with Crippen molar-refractivity contribution in [2.24, 2.45) is 0 Å². The summed E-state index contributed by atoms with van der Waals surface area (Å²) in [5.74, 6) is 0.210. The first kappa shape index (κ1) is 12.6. The number of carbonyl (C=O) groups excluding carboxylic acids is 1. The van der Waals surface area contributed by atoms with Crippen LogP contribution >= 0.6 is 11.6 Å². The van der Waals surface area contributed by atoms with E-state index < -0.39 is 10.8 Å². The minimum absolute atomic E-state index is 0.210. The molecule has 2 aromatic carbocycles. The Morgan fingerprint density at radius 3 is 2.55 bits per heavy atom. The van der Waals surface area contributed by atoms with Crippen LogP contribution in [0.25, 0.3) is 22.4 Å². The van der Waals surface area contributed by atoms with Gasteiger partial charge in [-0.25, -0.2) is 0 Å². The Bertz CT molecular complexity index is 856. The van der Waals surface area contributed by atoms with Crippen molar-refractivity contribution in [3.8, 4) is 11.5 Å². The average Bonchev–Trinajstić information content (AvgIpc) is 2.47. The summed E-state index contributed by atoms with van der Waals surface area (Å²) in [6, 6.07) is 13.5. The Balaban J connectivity index is 2.27. The Hall–Kier alpha value is -2.46. The number of fused-ring (bicyclic) bond motifs is 1. The van der Waals surface area contributed by atoms with E-state index >= 15 is 0 Å². The van der Waals surface area contributed by atoms with Crippen molar-refractivity contribution in [3.05, 3.63) is 64.4 Å². The van der Waals surface area contributed by atoms with E-state index in [0.717, 1.165) is 0 Å². The highest BCUT2D eigenvalue weighted by Gasteiger charge is 2.10. The predicted octanol–water partition coefficient (Wildman–Crippen LogP) is 3.23. The molecule has 0 aliphatic rings. The van der Waals surface area contributed by atoms with Gasteiger partial charge in [0, 0.05) is 11.1 Å². The summed E-state index contributed by atoms with van der Waals surface area (Å²) >= 11 is 5.43. The SMILES string of the molecule is O=C(Cl)c1ccc2c(=O)nc(-c3ccccc3)oc2c1. The van der Waals surface area contributed by atoms with Gasteiger partial charge in [0.05, 0.1) is 5.39 Å². The number of halogens is 1. The summed E-state index contributed by atoms with van der Waals surface area (Å²) in [6.45, 7) is 0. The molecule has 0 aliphatic heterocycles. The van der Waals surface area contributed by atoms with Crippen LogP contribution in [-0.2, 0) is 0 Å². The van der Waals surface area contributed by atoms with Crippen LogP contribution in [-0.4, -0.2) is 10.2 Å². The second-order valence-corrected chi connectivity index (χ2v) is 4.52. The van der Waals surface area contributed by atoms with Crippen LogP contribution in [0.2, 0.25) is 0 Å². The summed E-state index contributed by atoms with van der Waals surface area (Å²) < 4.78 is 5.60. The minimum Gasteiger partial charge on any atom is -0.437 e. The fourth-order valence-electron chi connectivity index (χ4n) is 1.89. The third-order valence-electron chi connectivity index (χ3n) is 2.87. The molecule has 0 atom stereocenters. The molecular weight excluding hydrogens is 278 g/mol. The Labute approximate surface area is 118 Å². The minimum atomic E-state index is -0.604. The maximum Gasteiger partial charge on any atom is 0.284 e. The lowest BCUT2D eigenvalue weighted by Crippen LogP contribution is -2.07. The smallest absolute Gasteiger partial charge is 0.284 e. The van der Waals surface area contributed by atoms with E-state index in [1.54, 1.807) is 12.1 Å². The van der Waals surface area contributed by atoms with Crippen LogP contribution in [0.15, 0.2) is 57.7 Å². The first-order chi connectivity index (χ1) is 9.65. The Morgan fingerprint density at radius 1 is 1.10 bits per heavy atom. The molecule has 0 radical (unpaired) electrons. The van der Waals surface area contributed by atoms with Gasteiger partial charge in [-0.05, 0) is 41.9 Å². The molecule has 1 heterocycles. The second-order valence-electron chi connectivity index (χ2n) is 4.17. The van der Waals surface area contributed by atoms with E-state index in [1.807, 2.05) is 18.2 Å². The molecule has 0 amide bonds. The van der Waals surface area contributed by atoms with Gasteiger partial charge in [0.2, 0.25) is 5.89 Å². The highest BCUT2D eigenvalue weighted by atomic mass is 35.5. The molecular formula is C15H8ClNO3. The van der Waals surface area contributed by atoms with Gasteiger partial charge in [-0.15, -0.1) is 0 Å². The summed E-state index contributed by atoms with van der Waals surface area (Å²) in [6.07, 6.45) is 0. The molecule has 5 heteroatoms. The molecule has 0 bridgehead atoms. The molecule has 0 unspecified atom stereocenters. The first-order valence-corrected chi connectivity index (χ1v) is 6.23. The lowest BCUT2D eigenvalue weighted by molar-refractivity contribution is 0.108. The number of carbonyl (C=O) groups is 1. The molecule has 0 saturated carbocycles. The van der Waals surface area contributed by atoms with Gasteiger partial charge in [-0.2, -0.15) is 4.98 Å². The summed E-state index contributed by atoms with van der Waals surface area (Å²) in [4.78, 5) is 27.0. The third kappa shape index (κ3) is 2.21. The van der Waals surface area contributed by atoms with Crippen LogP contribution in [0.5, 0.6) is 0 Å². The van der Waals surface area contributed by atoms with Crippen LogP contribution in [0.1, 0.15) is 10.4 Å². The number of hydrogen-bond donors (Lipinski definition) is 0. The number of nitrogens with zero attached hydrogens (tertiary/aromatic N) is 1. The highest BCUT2D eigenvalue weighted by molar-refractivity contribution is 6.67. The lowest BCUT2D eigenvalue weighted by Gasteiger charge is -2.02. The van der Waals surface area contributed by atoms with Crippen molar-refractivity contribution in [3.63, 3.8) is 0 Å². The largest absolute Gasteiger partial charge is 0.437 e. The molecule has 0 N–H and O–H groups in total. The Morgan fingerprint density at radius 2 is 1.85 bits per heavy atom. The lowest BCUT2D eigenvalue weighted by atomic mass is 10.2. The van der Waals surface area contributed by atoms with Crippen molar-refractivity contribution in [1.82, 2.24) is 4.98 Å². The fraction of sp³-hybridized carbons (Fsp3) is 0. The van der Waals surface area contributed by atoms with E-state index in [4.69, 9.17) is 16.0 Å². The van der Waals surface area contributed by atoms with Crippen LogP contribution in [0, 0.1) is 0 Å². The molecule has 0 saturated heterocycles. The average molecular weight is 286 g/mol. The summed E-state index contributed by atoms with van der Waals surface area (Å²) in [5.41, 5.74) is 0.843. The highest BCUT2D eigenvalue weighted by Crippen LogP contribution is 2.21. The number of aromatic nitrogens is 1. The van der Waals surface area contributed by atoms with Crippen molar-refractivity contribution in [1.29, 1.82) is 0 Å². The molecule has 98 valence electrons. The summed E-state index contributed by atoms with van der Waals surface area (Å²) in [7, 11) is 0. The van der Waals surface area contributed by atoms with Gasteiger partial charge < -0.3 is 4.42 Å². The monoisotopic (exact) mass is 285 g/mol. The first-order valence-electron chi connectivity index (χ1n) is 5.85. The van der Waals surface area contributed by atoms with Crippen LogP contribution < -0.4 is 5.56 Å². The zero-order valence-electron chi connectivity index (χ0n) is 10.2. The molecule has 3 rings (SSSR count). The number of rotatable bonds is 2. The zero-order valence-corrected chi connectivity index (χ0v) is 10.9. The molecule has 1 aromatic heterocycles. The van der Waals surface area contributed by atoms with Gasteiger partial charge in [0.25, 0.3) is 10.8 Å². The summed E-state index contributed by atoms with van der Waals surface area (Å²) in [5, 5.41) is -0.293. The van der Waals surface area contributed by atoms with Crippen molar-refractivity contribution < 1.29 is 9.21 Å². The molecule has 0 fully saturated rings. The third-order valence-corrected chi connectivity index (χ3v) is 3.09. The van der Waals surface area contributed by atoms with Gasteiger partial charge >= 0.3 is 0 Å². The van der Waals surface area contributed by atoms with Gasteiger partial charge in [-0.1, -0.05) is 18.2 Å². The normalized spacial score (nSPS) is 10.7. The molecule has 3 aromatic rings. The predicted molar refractivity (Wildman–Crippen MR) is 75.9 cm³/mol. The number of hydrogen-bond acceptors (Lipinski definition) is 4. The quantitative estimate of drug-likeness (QED) is 0.678. The molecule has 0 aliphatic carbocycles. The molecule has 0 spiro atoms. The van der Waals surface area contributed by atoms with Gasteiger partial charge in [-0.3, -0.25) is 9.59 Å². The van der Waals surface area contributed by atoms with Crippen molar-refractivity contribution >= 4 is 27.8 Å². The standard InChI is InChI=1S/C15H8ClNO3/c16-13(18)10-6-7-11-12(8-10)20-15(17-14(11)19)9-4-2-1-3-5-9/h1-8H. The van der Waals surface area contributed by atoms with Crippen molar-refractivity contribution in [2.75, 3.05) is 0 Å². The zero-order chi connectivity index (χ0) is 14.1. The van der Waals surface area contributed by atoms with Crippen molar-refractivity contribution in [2.45, 2.75) is 0 Å². The van der Waals surface area contributed by atoms with Crippen LogP contribution in [0.3, 0.4) is 0 Å². The molecule has 4 nitrogen and oxygen atoms in total.